The van der Waals surface area contributed by atoms with Crippen LogP contribution in [-0.2, 0) is 9.09 Å². The molecule has 0 aliphatic rings. The van der Waals surface area contributed by atoms with Gasteiger partial charge in [0.2, 0.25) is 0 Å². The summed E-state index contributed by atoms with van der Waals surface area (Å²) in [5.41, 5.74) is 0. The molecule has 1 atom stereocenters. The van der Waals surface area contributed by atoms with Gasteiger partial charge in [0.05, 0.1) is 12.8 Å². The molecule has 0 saturated heterocycles. The van der Waals surface area contributed by atoms with Crippen molar-refractivity contribution in [3.63, 3.8) is 0 Å². The second-order valence-electron chi connectivity index (χ2n) is 1.42. The van der Waals surface area contributed by atoms with Gasteiger partial charge in [-0.2, -0.15) is 0 Å². The highest BCUT2D eigenvalue weighted by Crippen LogP contribution is 2.51. The van der Waals surface area contributed by atoms with E-state index in [4.69, 9.17) is 27.4 Å². The molecule has 56 valence electrons. The van der Waals surface area contributed by atoms with Crippen molar-refractivity contribution in [3.05, 3.63) is 0 Å². The van der Waals surface area contributed by atoms with Crippen molar-refractivity contribution >= 4 is 29.6 Å². The van der Waals surface area contributed by atoms with Gasteiger partial charge in [-0.25, -0.2) is 0 Å². The van der Waals surface area contributed by atoms with Crippen LogP contribution in [0.1, 0.15) is 6.92 Å². The lowest BCUT2D eigenvalue weighted by atomic mass is 10.9. The SMILES string of the molecule is CCOP(=O)(Cl)CCCl. The normalized spacial score (nSPS) is 17.2. The molecular formula is C4H9Cl2O2P. The van der Waals surface area contributed by atoms with E-state index in [-0.39, 0.29) is 12.0 Å². The smallest absolute Gasteiger partial charge is 0.291 e. The molecule has 0 aromatic carbocycles. The van der Waals surface area contributed by atoms with E-state index in [0.29, 0.717) is 6.61 Å². The Bertz CT molecular complexity index is 107. The van der Waals surface area contributed by atoms with Gasteiger partial charge in [-0.05, 0) is 18.2 Å². The summed E-state index contributed by atoms with van der Waals surface area (Å²) in [6.07, 6.45) is 0.240. The van der Waals surface area contributed by atoms with Crippen LogP contribution in [0.3, 0.4) is 0 Å². The third-order valence-electron chi connectivity index (χ3n) is 0.673. The quantitative estimate of drug-likeness (QED) is 0.504. The Labute approximate surface area is 64.7 Å². The van der Waals surface area contributed by atoms with Gasteiger partial charge in [0.1, 0.15) is 0 Å². The lowest BCUT2D eigenvalue weighted by Crippen LogP contribution is -1.89. The molecule has 0 saturated carbocycles. The van der Waals surface area contributed by atoms with E-state index in [1.165, 1.54) is 0 Å². The Morgan fingerprint density at radius 3 is 2.56 bits per heavy atom. The average molecular weight is 191 g/mol. The van der Waals surface area contributed by atoms with E-state index in [9.17, 15) is 4.57 Å². The summed E-state index contributed by atoms with van der Waals surface area (Å²) in [5, 5.41) is 0. The van der Waals surface area contributed by atoms with E-state index in [1.54, 1.807) is 6.92 Å². The number of halogens is 2. The molecule has 0 N–H and O–H groups in total. The van der Waals surface area contributed by atoms with Crippen LogP contribution in [0.4, 0.5) is 0 Å². The molecule has 0 aromatic heterocycles. The minimum absolute atomic E-state index is 0.240. The highest BCUT2D eigenvalue weighted by atomic mass is 35.7. The maximum absolute atomic E-state index is 10.9. The molecule has 0 fully saturated rings. The minimum atomic E-state index is -2.85. The Hall–Kier alpha value is 0.770. The van der Waals surface area contributed by atoms with E-state index in [0.717, 1.165) is 0 Å². The molecule has 0 aliphatic heterocycles. The van der Waals surface area contributed by atoms with Gasteiger partial charge >= 0.3 is 0 Å². The maximum Gasteiger partial charge on any atom is 0.291 e. The highest BCUT2D eigenvalue weighted by molar-refractivity contribution is 7.85. The van der Waals surface area contributed by atoms with Gasteiger partial charge < -0.3 is 4.52 Å². The topological polar surface area (TPSA) is 26.3 Å². The Morgan fingerprint density at radius 2 is 2.22 bits per heavy atom. The number of alkyl halides is 1. The monoisotopic (exact) mass is 190 g/mol. The van der Waals surface area contributed by atoms with Crippen molar-refractivity contribution < 1.29 is 9.09 Å². The molecule has 0 heterocycles. The summed E-state index contributed by atoms with van der Waals surface area (Å²) in [6.45, 7) is -0.740. The lowest BCUT2D eigenvalue weighted by Gasteiger charge is -2.05. The molecule has 9 heavy (non-hydrogen) atoms. The molecular weight excluding hydrogens is 182 g/mol. The van der Waals surface area contributed by atoms with Crippen molar-refractivity contribution in [2.75, 3.05) is 18.6 Å². The number of hydrogen-bond donors (Lipinski definition) is 0. The molecule has 0 amide bonds. The number of rotatable bonds is 4. The van der Waals surface area contributed by atoms with E-state index in [2.05, 4.69) is 0 Å². The first-order chi connectivity index (χ1) is 4.12. The fourth-order valence-corrected chi connectivity index (χ4v) is 2.55. The van der Waals surface area contributed by atoms with Crippen molar-refractivity contribution in [2.45, 2.75) is 6.92 Å². The van der Waals surface area contributed by atoms with Gasteiger partial charge in [-0.15, -0.1) is 11.6 Å². The molecule has 0 bridgehead atoms. The van der Waals surface area contributed by atoms with Gasteiger partial charge in [-0.3, -0.25) is 4.57 Å². The molecule has 0 spiro atoms. The first-order valence-corrected chi connectivity index (χ1v) is 5.86. The molecule has 0 aromatic rings. The third kappa shape index (κ3) is 5.23. The summed E-state index contributed by atoms with van der Waals surface area (Å²) in [5.74, 6) is 0.279. The fraction of sp³-hybridized carbons (Fsp3) is 1.00. The van der Waals surface area contributed by atoms with Crippen molar-refractivity contribution in [2.24, 2.45) is 0 Å². The standard InChI is InChI=1S/C4H9Cl2O2P/c1-2-8-9(6,7)4-3-5/h2-4H2,1H3. The van der Waals surface area contributed by atoms with E-state index in [1.807, 2.05) is 0 Å². The molecule has 0 aliphatic carbocycles. The van der Waals surface area contributed by atoms with Crippen LogP contribution in [0.25, 0.3) is 0 Å². The van der Waals surface area contributed by atoms with Crippen LogP contribution < -0.4 is 0 Å². The predicted octanol–water partition coefficient (Wildman–Crippen LogP) is 2.69. The van der Waals surface area contributed by atoms with Crippen LogP contribution in [0.5, 0.6) is 0 Å². The van der Waals surface area contributed by atoms with Crippen LogP contribution in [0.2, 0.25) is 0 Å². The van der Waals surface area contributed by atoms with Gasteiger partial charge in [0.15, 0.2) is 0 Å². The third-order valence-corrected chi connectivity index (χ3v) is 3.33. The van der Waals surface area contributed by atoms with Gasteiger partial charge in [0.25, 0.3) is 6.72 Å². The average Bonchev–Trinajstić information content (AvgIpc) is 1.64. The lowest BCUT2D eigenvalue weighted by molar-refractivity contribution is 0.346. The summed E-state index contributed by atoms with van der Waals surface area (Å²) < 4.78 is 15.6. The summed E-state index contributed by atoms with van der Waals surface area (Å²) >= 11 is 10.7. The molecule has 1 unspecified atom stereocenters. The van der Waals surface area contributed by atoms with E-state index < -0.39 is 6.72 Å². The minimum Gasteiger partial charge on any atom is -0.318 e. The van der Waals surface area contributed by atoms with Crippen molar-refractivity contribution in [3.8, 4) is 0 Å². The predicted molar refractivity (Wildman–Crippen MR) is 40.7 cm³/mol. The number of hydrogen-bond acceptors (Lipinski definition) is 2. The van der Waals surface area contributed by atoms with E-state index >= 15 is 0 Å². The van der Waals surface area contributed by atoms with Crippen molar-refractivity contribution in [1.29, 1.82) is 0 Å². The first-order valence-electron chi connectivity index (χ1n) is 2.61. The second kappa shape index (κ2) is 4.56. The second-order valence-corrected chi connectivity index (χ2v) is 5.23. The Balaban J connectivity index is 3.58. The summed E-state index contributed by atoms with van der Waals surface area (Å²) in [6, 6.07) is 0. The van der Waals surface area contributed by atoms with Crippen LogP contribution in [0, 0.1) is 0 Å². The molecule has 5 heteroatoms. The molecule has 2 nitrogen and oxygen atoms in total. The fourth-order valence-electron chi connectivity index (χ4n) is 0.358. The zero-order valence-electron chi connectivity index (χ0n) is 5.14. The summed E-state index contributed by atoms with van der Waals surface area (Å²) in [7, 11) is 0. The van der Waals surface area contributed by atoms with Crippen molar-refractivity contribution in [1.82, 2.24) is 0 Å². The Morgan fingerprint density at radius 1 is 1.67 bits per heavy atom. The van der Waals surface area contributed by atoms with Crippen LogP contribution in [-0.4, -0.2) is 18.6 Å². The van der Waals surface area contributed by atoms with Crippen LogP contribution in [0.15, 0.2) is 0 Å². The van der Waals surface area contributed by atoms with Gasteiger partial charge in [-0.1, -0.05) is 0 Å². The molecule has 0 rings (SSSR count). The van der Waals surface area contributed by atoms with Gasteiger partial charge in [0, 0.05) is 5.88 Å². The Kier molecular flexibility index (Phi) is 4.96. The highest BCUT2D eigenvalue weighted by Gasteiger charge is 2.16. The maximum atomic E-state index is 10.9. The zero-order valence-corrected chi connectivity index (χ0v) is 7.55. The van der Waals surface area contributed by atoms with Crippen LogP contribution >= 0.6 is 29.6 Å². The largest absolute Gasteiger partial charge is 0.318 e. The zero-order chi connectivity index (χ0) is 7.33. The molecule has 0 radical (unpaired) electrons. The summed E-state index contributed by atoms with van der Waals surface area (Å²) in [4.78, 5) is 0. The first kappa shape index (κ1) is 9.77.